The summed E-state index contributed by atoms with van der Waals surface area (Å²) in [6, 6.07) is 0. The van der Waals surface area contributed by atoms with E-state index in [1.807, 2.05) is 0 Å². The second kappa shape index (κ2) is 2.38. The van der Waals surface area contributed by atoms with Gasteiger partial charge in [-0.25, -0.2) is 0 Å². The summed E-state index contributed by atoms with van der Waals surface area (Å²) in [6.45, 7) is 0.241. The molecule has 0 aromatic rings. The zero-order valence-electron chi connectivity index (χ0n) is 4.05. The van der Waals surface area contributed by atoms with Gasteiger partial charge in [0.15, 0.2) is 0 Å². The highest BCUT2D eigenvalue weighted by Gasteiger charge is 2.00. The van der Waals surface area contributed by atoms with E-state index in [1.54, 1.807) is 11.8 Å². The SMILES string of the molecule is OCC1=CCCS1. The van der Waals surface area contributed by atoms with Gasteiger partial charge < -0.3 is 5.11 Å². The van der Waals surface area contributed by atoms with Gasteiger partial charge >= 0.3 is 0 Å². The van der Waals surface area contributed by atoms with Crippen LogP contribution in [-0.4, -0.2) is 17.5 Å². The van der Waals surface area contributed by atoms with Crippen LogP contribution in [0.1, 0.15) is 6.42 Å². The predicted molar refractivity (Wildman–Crippen MR) is 32.2 cm³/mol. The average Bonchev–Trinajstić information content (AvgIpc) is 2.14. The topological polar surface area (TPSA) is 20.2 Å². The van der Waals surface area contributed by atoms with Gasteiger partial charge in [0.25, 0.3) is 0 Å². The summed E-state index contributed by atoms with van der Waals surface area (Å²) in [4.78, 5) is 1.14. The largest absolute Gasteiger partial charge is 0.391 e. The summed E-state index contributed by atoms with van der Waals surface area (Å²) < 4.78 is 0. The number of hydrogen-bond acceptors (Lipinski definition) is 2. The molecule has 0 amide bonds. The minimum atomic E-state index is 0.241. The predicted octanol–water partition coefficient (Wildman–Crippen LogP) is 1.000. The van der Waals surface area contributed by atoms with Crippen molar-refractivity contribution < 1.29 is 5.11 Å². The van der Waals surface area contributed by atoms with E-state index < -0.39 is 0 Å². The number of hydrogen-bond donors (Lipinski definition) is 1. The highest BCUT2D eigenvalue weighted by molar-refractivity contribution is 8.03. The lowest BCUT2D eigenvalue weighted by atomic mass is 10.4. The van der Waals surface area contributed by atoms with Gasteiger partial charge in [0.05, 0.1) is 6.61 Å². The molecule has 0 saturated heterocycles. The van der Waals surface area contributed by atoms with Gasteiger partial charge in [-0.15, -0.1) is 11.8 Å². The van der Waals surface area contributed by atoms with Crippen molar-refractivity contribution in [2.45, 2.75) is 6.42 Å². The lowest BCUT2D eigenvalue weighted by Crippen LogP contribution is -1.77. The summed E-state index contributed by atoms with van der Waals surface area (Å²) in [5.74, 6) is 1.16. The average molecular weight is 116 g/mol. The first-order valence-corrected chi connectivity index (χ1v) is 3.35. The maximum absolute atomic E-state index is 8.48. The van der Waals surface area contributed by atoms with Gasteiger partial charge in [-0.05, 0) is 6.42 Å². The van der Waals surface area contributed by atoms with E-state index in [9.17, 15) is 0 Å². The van der Waals surface area contributed by atoms with Crippen LogP contribution in [0, 0.1) is 0 Å². The van der Waals surface area contributed by atoms with Crippen molar-refractivity contribution in [1.29, 1.82) is 0 Å². The summed E-state index contributed by atoms with van der Waals surface area (Å²) in [7, 11) is 0. The third kappa shape index (κ3) is 1.21. The van der Waals surface area contributed by atoms with Gasteiger partial charge in [-0.3, -0.25) is 0 Å². The van der Waals surface area contributed by atoms with Crippen LogP contribution in [-0.2, 0) is 0 Å². The Balaban J connectivity index is 2.36. The maximum atomic E-state index is 8.48. The summed E-state index contributed by atoms with van der Waals surface area (Å²) in [5.41, 5.74) is 0. The molecule has 1 rings (SSSR count). The third-order valence-corrected chi connectivity index (χ3v) is 2.04. The highest BCUT2D eigenvalue weighted by atomic mass is 32.2. The molecule has 0 bridgehead atoms. The van der Waals surface area contributed by atoms with E-state index >= 15 is 0 Å². The molecular formula is C5H8OS. The normalized spacial score (nSPS) is 19.9. The monoisotopic (exact) mass is 116 g/mol. The van der Waals surface area contributed by atoms with Crippen molar-refractivity contribution in [3.8, 4) is 0 Å². The van der Waals surface area contributed by atoms with Gasteiger partial charge in [-0.1, -0.05) is 6.08 Å². The van der Waals surface area contributed by atoms with Crippen molar-refractivity contribution in [2.75, 3.05) is 12.4 Å². The molecule has 0 atom stereocenters. The Hall–Kier alpha value is 0.0500. The molecule has 7 heavy (non-hydrogen) atoms. The third-order valence-electron chi connectivity index (χ3n) is 0.933. The van der Waals surface area contributed by atoms with Crippen LogP contribution in [0.15, 0.2) is 11.0 Å². The van der Waals surface area contributed by atoms with Gasteiger partial charge in [-0.2, -0.15) is 0 Å². The maximum Gasteiger partial charge on any atom is 0.0737 e. The van der Waals surface area contributed by atoms with Gasteiger partial charge in [0.2, 0.25) is 0 Å². The first-order chi connectivity index (χ1) is 3.43. The van der Waals surface area contributed by atoms with Crippen LogP contribution in [0.5, 0.6) is 0 Å². The Bertz CT molecular complexity index is 88.1. The highest BCUT2D eigenvalue weighted by Crippen LogP contribution is 2.22. The number of aliphatic hydroxyl groups excluding tert-OH is 1. The minimum Gasteiger partial charge on any atom is -0.391 e. The Labute approximate surface area is 47.4 Å². The van der Waals surface area contributed by atoms with Crippen molar-refractivity contribution in [3.05, 3.63) is 11.0 Å². The summed E-state index contributed by atoms with van der Waals surface area (Å²) in [5, 5.41) is 8.48. The van der Waals surface area contributed by atoms with Crippen molar-refractivity contribution in [2.24, 2.45) is 0 Å². The Morgan fingerprint density at radius 3 is 3.00 bits per heavy atom. The second-order valence-corrected chi connectivity index (χ2v) is 2.69. The molecule has 0 saturated carbocycles. The van der Waals surface area contributed by atoms with E-state index in [0.717, 1.165) is 17.1 Å². The second-order valence-electron chi connectivity index (χ2n) is 1.47. The molecule has 0 aromatic heterocycles. The first-order valence-electron chi connectivity index (χ1n) is 2.36. The number of thioether (sulfide) groups is 1. The smallest absolute Gasteiger partial charge is 0.0737 e. The molecule has 0 radical (unpaired) electrons. The summed E-state index contributed by atoms with van der Waals surface area (Å²) in [6.07, 6.45) is 3.23. The van der Waals surface area contributed by atoms with E-state index in [4.69, 9.17) is 5.11 Å². The molecule has 40 valence electrons. The number of aliphatic hydroxyl groups is 1. The molecule has 1 N–H and O–H groups in total. The molecule has 2 heteroatoms. The Kier molecular flexibility index (Phi) is 1.77. The Morgan fingerprint density at radius 1 is 1.86 bits per heavy atom. The number of allylic oxidation sites excluding steroid dienone is 1. The molecule has 0 aromatic carbocycles. The molecule has 0 fully saturated rings. The van der Waals surface area contributed by atoms with Crippen LogP contribution in [0.4, 0.5) is 0 Å². The standard InChI is InChI=1S/C5H8OS/c6-4-5-2-1-3-7-5/h2,6H,1,3-4H2. The fraction of sp³-hybridized carbons (Fsp3) is 0.600. The van der Waals surface area contributed by atoms with Crippen LogP contribution in [0.2, 0.25) is 0 Å². The Morgan fingerprint density at radius 2 is 2.71 bits per heavy atom. The molecule has 0 aliphatic carbocycles. The lowest BCUT2D eigenvalue weighted by Gasteiger charge is -1.88. The van der Waals surface area contributed by atoms with Crippen LogP contribution in [0.25, 0.3) is 0 Å². The molecule has 0 spiro atoms. The van der Waals surface area contributed by atoms with Crippen molar-refractivity contribution >= 4 is 11.8 Å². The van der Waals surface area contributed by atoms with Crippen LogP contribution < -0.4 is 0 Å². The van der Waals surface area contributed by atoms with Gasteiger partial charge in [0.1, 0.15) is 0 Å². The minimum absolute atomic E-state index is 0.241. The molecular weight excluding hydrogens is 108 g/mol. The van der Waals surface area contributed by atoms with Gasteiger partial charge in [0, 0.05) is 10.7 Å². The zero-order chi connectivity index (χ0) is 5.11. The van der Waals surface area contributed by atoms with E-state index in [0.29, 0.717) is 0 Å². The van der Waals surface area contributed by atoms with E-state index in [-0.39, 0.29) is 6.61 Å². The zero-order valence-corrected chi connectivity index (χ0v) is 4.87. The van der Waals surface area contributed by atoms with Crippen LogP contribution in [0.3, 0.4) is 0 Å². The molecule has 1 nitrogen and oxygen atoms in total. The fourth-order valence-corrected chi connectivity index (χ4v) is 1.40. The fourth-order valence-electron chi connectivity index (χ4n) is 0.579. The molecule has 0 unspecified atom stereocenters. The van der Waals surface area contributed by atoms with Crippen LogP contribution >= 0.6 is 11.8 Å². The molecule has 1 aliphatic rings. The quantitative estimate of drug-likeness (QED) is 0.551. The van der Waals surface area contributed by atoms with E-state index in [2.05, 4.69) is 6.08 Å². The van der Waals surface area contributed by atoms with E-state index in [1.165, 1.54) is 0 Å². The van der Waals surface area contributed by atoms with Crippen molar-refractivity contribution in [1.82, 2.24) is 0 Å². The molecule has 1 heterocycles. The first kappa shape index (κ1) is 5.19. The lowest BCUT2D eigenvalue weighted by molar-refractivity contribution is 0.339. The molecule has 1 aliphatic heterocycles. The number of rotatable bonds is 1. The summed E-state index contributed by atoms with van der Waals surface area (Å²) >= 11 is 1.75. The van der Waals surface area contributed by atoms with Crippen molar-refractivity contribution in [3.63, 3.8) is 0 Å².